The van der Waals surface area contributed by atoms with Gasteiger partial charge in [0.1, 0.15) is 11.6 Å². The number of aromatic hydroxyl groups is 1. The first kappa shape index (κ1) is 13.4. The zero-order chi connectivity index (χ0) is 14.0. The van der Waals surface area contributed by atoms with Gasteiger partial charge in [-0.05, 0) is 36.8 Å². The first-order chi connectivity index (χ1) is 8.99. The largest absolute Gasteiger partial charge is 0.507 e. The van der Waals surface area contributed by atoms with Crippen molar-refractivity contribution in [2.24, 2.45) is 0 Å². The molecular weight excluding hydrogens is 269 g/mol. The third-order valence-corrected chi connectivity index (χ3v) is 2.98. The number of rotatable bonds is 2. The highest BCUT2D eigenvalue weighted by Crippen LogP contribution is 2.27. The summed E-state index contributed by atoms with van der Waals surface area (Å²) in [5.74, 6) is -1.50. The van der Waals surface area contributed by atoms with Crippen molar-refractivity contribution in [3.05, 3.63) is 58.4 Å². The molecule has 0 atom stereocenters. The van der Waals surface area contributed by atoms with E-state index in [9.17, 15) is 14.3 Å². The van der Waals surface area contributed by atoms with Crippen molar-refractivity contribution < 1.29 is 14.3 Å². The summed E-state index contributed by atoms with van der Waals surface area (Å²) in [5, 5.41) is 12.5. The number of phenols is 1. The van der Waals surface area contributed by atoms with Crippen LogP contribution in [-0.2, 0) is 0 Å². The number of aryl methyl sites for hydroxylation is 1. The van der Waals surface area contributed by atoms with Crippen LogP contribution in [0.1, 0.15) is 15.9 Å². The molecule has 2 aromatic rings. The summed E-state index contributed by atoms with van der Waals surface area (Å²) in [7, 11) is 0. The van der Waals surface area contributed by atoms with Gasteiger partial charge in [0.05, 0.1) is 16.3 Å². The number of phenolic OH excluding ortho intramolecular Hbond substituents is 1. The molecule has 2 aromatic carbocycles. The maximum absolute atomic E-state index is 13.1. The van der Waals surface area contributed by atoms with E-state index in [2.05, 4.69) is 5.32 Å². The van der Waals surface area contributed by atoms with E-state index >= 15 is 0 Å². The monoisotopic (exact) mass is 279 g/mol. The summed E-state index contributed by atoms with van der Waals surface area (Å²) < 4.78 is 13.1. The molecule has 1 amide bonds. The van der Waals surface area contributed by atoms with Crippen molar-refractivity contribution in [2.75, 3.05) is 5.32 Å². The second-order valence-electron chi connectivity index (χ2n) is 4.05. The number of benzene rings is 2. The van der Waals surface area contributed by atoms with Gasteiger partial charge in [-0.1, -0.05) is 23.7 Å². The summed E-state index contributed by atoms with van der Waals surface area (Å²) in [6, 6.07) is 8.35. The van der Waals surface area contributed by atoms with Crippen LogP contribution in [0.4, 0.5) is 10.1 Å². The predicted molar refractivity (Wildman–Crippen MR) is 72.2 cm³/mol. The van der Waals surface area contributed by atoms with Crippen LogP contribution in [0.5, 0.6) is 5.75 Å². The molecule has 2 N–H and O–H groups in total. The fraction of sp³-hybridized carbons (Fsp3) is 0.0714. The lowest BCUT2D eigenvalue weighted by Gasteiger charge is -2.11. The number of hydrogen-bond donors (Lipinski definition) is 2. The first-order valence-electron chi connectivity index (χ1n) is 5.54. The number of hydrogen-bond acceptors (Lipinski definition) is 2. The highest BCUT2D eigenvalue weighted by atomic mass is 35.5. The predicted octanol–water partition coefficient (Wildman–Crippen LogP) is 3.75. The van der Waals surface area contributed by atoms with Gasteiger partial charge in [0.2, 0.25) is 0 Å². The third kappa shape index (κ3) is 2.85. The molecule has 0 bridgehead atoms. The molecule has 0 fully saturated rings. The van der Waals surface area contributed by atoms with Crippen LogP contribution in [0.15, 0.2) is 36.4 Å². The molecule has 0 unspecified atom stereocenters. The van der Waals surface area contributed by atoms with Crippen LogP contribution in [0.2, 0.25) is 5.02 Å². The molecule has 0 heterocycles. The number of nitrogens with one attached hydrogen (secondary N) is 1. The average Bonchev–Trinajstić information content (AvgIpc) is 2.37. The van der Waals surface area contributed by atoms with Crippen LogP contribution >= 0.6 is 11.6 Å². The van der Waals surface area contributed by atoms with Gasteiger partial charge < -0.3 is 10.4 Å². The SMILES string of the molecule is Cc1cccc(Cl)c1NC(=O)c1cc(F)ccc1O. The second kappa shape index (κ2) is 5.28. The first-order valence-corrected chi connectivity index (χ1v) is 5.92. The lowest BCUT2D eigenvalue weighted by atomic mass is 10.1. The minimum atomic E-state index is -0.617. The highest BCUT2D eigenvalue weighted by Gasteiger charge is 2.14. The van der Waals surface area contributed by atoms with E-state index in [1.165, 1.54) is 0 Å². The quantitative estimate of drug-likeness (QED) is 0.880. The molecule has 5 heteroatoms. The normalized spacial score (nSPS) is 10.3. The molecule has 0 saturated heterocycles. The summed E-state index contributed by atoms with van der Waals surface area (Å²) in [4.78, 5) is 12.0. The smallest absolute Gasteiger partial charge is 0.259 e. The molecule has 0 aliphatic carbocycles. The van der Waals surface area contributed by atoms with Crippen LogP contribution in [0.3, 0.4) is 0 Å². The van der Waals surface area contributed by atoms with Gasteiger partial charge in [-0.2, -0.15) is 0 Å². The summed E-state index contributed by atoms with van der Waals surface area (Å²) in [6.45, 7) is 1.78. The van der Waals surface area contributed by atoms with E-state index in [4.69, 9.17) is 11.6 Å². The van der Waals surface area contributed by atoms with Crippen LogP contribution < -0.4 is 5.32 Å². The van der Waals surface area contributed by atoms with Crippen molar-refractivity contribution in [3.8, 4) is 5.75 Å². The Morgan fingerprint density at radius 1 is 1.32 bits per heavy atom. The van der Waals surface area contributed by atoms with E-state index in [0.717, 1.165) is 23.8 Å². The lowest BCUT2D eigenvalue weighted by molar-refractivity contribution is 0.102. The molecule has 0 saturated carbocycles. The Kier molecular flexibility index (Phi) is 3.71. The Balaban J connectivity index is 2.34. The van der Waals surface area contributed by atoms with Crippen molar-refractivity contribution in [3.63, 3.8) is 0 Å². The molecule has 0 aromatic heterocycles. The van der Waals surface area contributed by atoms with Crippen molar-refractivity contribution in [1.82, 2.24) is 0 Å². The molecule has 0 spiro atoms. The van der Waals surface area contributed by atoms with Crippen molar-refractivity contribution in [1.29, 1.82) is 0 Å². The fourth-order valence-electron chi connectivity index (χ4n) is 1.66. The maximum Gasteiger partial charge on any atom is 0.259 e. The highest BCUT2D eigenvalue weighted by molar-refractivity contribution is 6.34. The zero-order valence-electron chi connectivity index (χ0n) is 10.1. The molecular formula is C14H11ClFNO2. The summed E-state index contributed by atoms with van der Waals surface area (Å²) in [5.41, 5.74) is 1.08. The Morgan fingerprint density at radius 3 is 2.74 bits per heavy atom. The van der Waals surface area contributed by atoms with E-state index in [1.54, 1.807) is 25.1 Å². The number of halogens is 2. The lowest BCUT2D eigenvalue weighted by Crippen LogP contribution is -2.13. The van der Waals surface area contributed by atoms with E-state index in [1.807, 2.05) is 0 Å². The Bertz CT molecular complexity index is 623. The number of para-hydroxylation sites is 1. The Hall–Kier alpha value is -2.07. The molecule has 0 aliphatic heterocycles. The van der Waals surface area contributed by atoms with Crippen LogP contribution in [0.25, 0.3) is 0 Å². The Labute approximate surface area is 114 Å². The topological polar surface area (TPSA) is 49.3 Å². The van der Waals surface area contributed by atoms with Gasteiger partial charge in [-0.3, -0.25) is 4.79 Å². The van der Waals surface area contributed by atoms with Gasteiger partial charge in [0.25, 0.3) is 5.91 Å². The van der Waals surface area contributed by atoms with Crippen LogP contribution in [0, 0.1) is 12.7 Å². The molecule has 19 heavy (non-hydrogen) atoms. The third-order valence-electron chi connectivity index (χ3n) is 2.66. The molecule has 3 nitrogen and oxygen atoms in total. The standard InChI is InChI=1S/C14H11ClFNO2/c1-8-3-2-4-11(15)13(8)17-14(19)10-7-9(16)5-6-12(10)18/h2-7,18H,1H3,(H,17,19). The van der Waals surface area contributed by atoms with Crippen LogP contribution in [-0.4, -0.2) is 11.0 Å². The van der Waals surface area contributed by atoms with Gasteiger partial charge in [0, 0.05) is 0 Å². The Morgan fingerprint density at radius 2 is 2.05 bits per heavy atom. The van der Waals surface area contributed by atoms with Gasteiger partial charge in [-0.25, -0.2) is 4.39 Å². The molecule has 2 rings (SSSR count). The summed E-state index contributed by atoms with van der Waals surface area (Å²) in [6.07, 6.45) is 0. The molecule has 98 valence electrons. The van der Waals surface area contributed by atoms with E-state index in [0.29, 0.717) is 10.7 Å². The van der Waals surface area contributed by atoms with E-state index < -0.39 is 11.7 Å². The van der Waals surface area contributed by atoms with Gasteiger partial charge in [-0.15, -0.1) is 0 Å². The summed E-state index contributed by atoms with van der Waals surface area (Å²) >= 11 is 5.98. The number of anilines is 1. The zero-order valence-corrected chi connectivity index (χ0v) is 10.8. The second-order valence-corrected chi connectivity index (χ2v) is 4.45. The fourth-order valence-corrected chi connectivity index (χ4v) is 1.93. The minimum absolute atomic E-state index is 0.140. The number of amides is 1. The number of carbonyl (C=O) groups is 1. The van der Waals surface area contributed by atoms with E-state index in [-0.39, 0.29) is 11.3 Å². The molecule has 0 aliphatic rings. The van der Waals surface area contributed by atoms with Gasteiger partial charge >= 0.3 is 0 Å². The maximum atomic E-state index is 13.1. The minimum Gasteiger partial charge on any atom is -0.507 e. The average molecular weight is 280 g/mol. The van der Waals surface area contributed by atoms with Gasteiger partial charge in [0.15, 0.2) is 0 Å². The van der Waals surface area contributed by atoms with Crippen molar-refractivity contribution in [2.45, 2.75) is 6.92 Å². The molecule has 0 radical (unpaired) electrons. The number of carbonyl (C=O) groups excluding carboxylic acids is 1. The van der Waals surface area contributed by atoms with Crippen molar-refractivity contribution >= 4 is 23.2 Å².